The fourth-order valence-electron chi connectivity index (χ4n) is 0.529. The van der Waals surface area contributed by atoms with Gasteiger partial charge in [-0.05, 0) is 0 Å². The zero-order valence-corrected chi connectivity index (χ0v) is 5.92. The molecular weight excluding hydrogens is 172 g/mol. The molecular formula is C5H3ClN2O3. The number of rotatable bonds is 1. The molecule has 0 aromatic carbocycles. The van der Waals surface area contributed by atoms with Gasteiger partial charge in [-0.2, -0.15) is 0 Å². The van der Waals surface area contributed by atoms with Crippen LogP contribution >= 0.6 is 11.6 Å². The quantitative estimate of drug-likeness (QED) is 0.634. The van der Waals surface area contributed by atoms with Crippen LogP contribution in [-0.4, -0.2) is 21.0 Å². The molecule has 0 aliphatic rings. The lowest BCUT2D eigenvalue weighted by atomic mass is 10.5. The number of nitrogens with one attached hydrogen (secondary N) is 1. The highest BCUT2D eigenvalue weighted by Crippen LogP contribution is 2.05. The molecule has 0 aliphatic heterocycles. The summed E-state index contributed by atoms with van der Waals surface area (Å²) in [6, 6.07) is 0. The van der Waals surface area contributed by atoms with Gasteiger partial charge < -0.3 is 10.1 Å². The Morgan fingerprint density at radius 3 is 2.82 bits per heavy atom. The van der Waals surface area contributed by atoms with Crippen molar-refractivity contribution in [2.75, 3.05) is 0 Å². The van der Waals surface area contributed by atoms with Gasteiger partial charge in [-0.25, -0.2) is 9.78 Å². The number of aromatic amines is 1. The third-order valence-corrected chi connectivity index (χ3v) is 1.25. The van der Waals surface area contributed by atoms with E-state index in [1.54, 1.807) is 0 Å². The maximum absolute atomic E-state index is 10.5. The average Bonchev–Trinajstić information content (AvgIpc) is 1.94. The van der Waals surface area contributed by atoms with Crippen LogP contribution in [0, 0.1) is 0 Å². The first-order valence-corrected chi connectivity index (χ1v) is 2.97. The number of hydrogen-bond donors (Lipinski definition) is 2. The summed E-state index contributed by atoms with van der Waals surface area (Å²) in [5.74, 6) is -1.31. The number of halogens is 1. The number of hydrogen-bond acceptors (Lipinski definition) is 3. The largest absolute Gasteiger partial charge is 0.476 e. The van der Waals surface area contributed by atoms with E-state index in [-0.39, 0.29) is 10.8 Å². The maximum atomic E-state index is 10.5. The fourth-order valence-corrected chi connectivity index (χ4v) is 0.705. The number of carboxylic acid groups (broad SMARTS) is 1. The molecule has 0 aliphatic carbocycles. The molecule has 1 aromatic heterocycles. The molecule has 1 heterocycles. The third-order valence-electron chi connectivity index (χ3n) is 0.964. The molecule has 6 heteroatoms. The standard InChI is InChI=1S/C5H3ClN2O3/c6-4-3(5(10)11)8-2(9)1-7-4/h1H,(H,8,9)(H,10,11). The Bertz CT molecular complexity index is 346. The lowest BCUT2D eigenvalue weighted by Gasteiger charge is -1.93. The van der Waals surface area contributed by atoms with Gasteiger partial charge in [-0.3, -0.25) is 4.79 Å². The van der Waals surface area contributed by atoms with Crippen molar-refractivity contribution in [1.29, 1.82) is 0 Å². The van der Waals surface area contributed by atoms with Gasteiger partial charge in [0.1, 0.15) is 0 Å². The van der Waals surface area contributed by atoms with Crippen molar-refractivity contribution in [2.24, 2.45) is 0 Å². The molecule has 1 rings (SSSR count). The van der Waals surface area contributed by atoms with E-state index < -0.39 is 11.5 Å². The first-order valence-electron chi connectivity index (χ1n) is 2.59. The molecule has 58 valence electrons. The Morgan fingerprint density at radius 1 is 1.73 bits per heavy atom. The van der Waals surface area contributed by atoms with Gasteiger partial charge in [0.25, 0.3) is 5.56 Å². The lowest BCUT2D eigenvalue weighted by molar-refractivity contribution is 0.0690. The van der Waals surface area contributed by atoms with Crippen molar-refractivity contribution in [2.45, 2.75) is 0 Å². The van der Waals surface area contributed by atoms with Crippen LogP contribution in [0.15, 0.2) is 11.0 Å². The maximum Gasteiger partial charge on any atom is 0.355 e. The molecule has 0 saturated carbocycles. The van der Waals surface area contributed by atoms with Crippen LogP contribution in [0.2, 0.25) is 5.15 Å². The van der Waals surface area contributed by atoms with Crippen LogP contribution in [0.1, 0.15) is 10.5 Å². The molecule has 1 aromatic rings. The molecule has 0 radical (unpaired) electrons. The van der Waals surface area contributed by atoms with Gasteiger partial charge in [0.15, 0.2) is 10.8 Å². The zero-order chi connectivity index (χ0) is 8.43. The van der Waals surface area contributed by atoms with Gasteiger partial charge in [0, 0.05) is 0 Å². The number of carbonyl (C=O) groups is 1. The van der Waals surface area contributed by atoms with E-state index >= 15 is 0 Å². The van der Waals surface area contributed by atoms with Crippen LogP contribution < -0.4 is 5.56 Å². The smallest absolute Gasteiger partial charge is 0.355 e. The molecule has 0 fully saturated rings. The van der Waals surface area contributed by atoms with Gasteiger partial charge in [-0.15, -0.1) is 0 Å². The number of nitrogens with zero attached hydrogens (tertiary/aromatic N) is 1. The Labute approximate surface area is 65.7 Å². The van der Waals surface area contributed by atoms with E-state index in [1.165, 1.54) is 0 Å². The van der Waals surface area contributed by atoms with Crippen molar-refractivity contribution in [3.05, 3.63) is 27.4 Å². The van der Waals surface area contributed by atoms with Crippen molar-refractivity contribution in [3.8, 4) is 0 Å². The van der Waals surface area contributed by atoms with Crippen molar-refractivity contribution in [3.63, 3.8) is 0 Å². The average molecular weight is 175 g/mol. The fraction of sp³-hybridized carbons (Fsp3) is 0. The van der Waals surface area contributed by atoms with Crippen LogP contribution in [0.25, 0.3) is 0 Å². The second-order valence-electron chi connectivity index (χ2n) is 1.72. The van der Waals surface area contributed by atoms with Crippen LogP contribution in [0.5, 0.6) is 0 Å². The lowest BCUT2D eigenvalue weighted by Crippen LogP contribution is -2.13. The molecule has 0 unspecified atom stereocenters. The topological polar surface area (TPSA) is 83.0 Å². The van der Waals surface area contributed by atoms with Crippen LogP contribution in [0.3, 0.4) is 0 Å². The highest BCUT2D eigenvalue weighted by molar-refractivity contribution is 6.31. The molecule has 0 spiro atoms. The monoisotopic (exact) mass is 174 g/mol. The van der Waals surface area contributed by atoms with Gasteiger partial charge in [-0.1, -0.05) is 11.6 Å². The van der Waals surface area contributed by atoms with Crippen molar-refractivity contribution < 1.29 is 9.90 Å². The molecule has 0 atom stereocenters. The van der Waals surface area contributed by atoms with E-state index in [0.717, 1.165) is 6.20 Å². The predicted octanol–water partition coefficient (Wildman–Crippen LogP) is 0.121. The highest BCUT2D eigenvalue weighted by Gasteiger charge is 2.09. The second-order valence-corrected chi connectivity index (χ2v) is 2.08. The van der Waals surface area contributed by atoms with Gasteiger partial charge in [0.2, 0.25) is 0 Å². The molecule has 11 heavy (non-hydrogen) atoms. The van der Waals surface area contributed by atoms with E-state index in [4.69, 9.17) is 16.7 Å². The summed E-state index contributed by atoms with van der Waals surface area (Å²) in [7, 11) is 0. The molecule has 0 saturated heterocycles. The Kier molecular flexibility index (Phi) is 1.91. The molecule has 2 N–H and O–H groups in total. The normalized spacial score (nSPS) is 9.55. The van der Waals surface area contributed by atoms with Crippen LogP contribution in [0.4, 0.5) is 0 Å². The van der Waals surface area contributed by atoms with Crippen molar-refractivity contribution >= 4 is 17.6 Å². The minimum absolute atomic E-state index is 0.225. The number of carboxylic acids is 1. The van der Waals surface area contributed by atoms with E-state index in [1.807, 2.05) is 4.98 Å². The summed E-state index contributed by atoms with van der Waals surface area (Å²) < 4.78 is 0. The predicted molar refractivity (Wildman–Crippen MR) is 36.8 cm³/mol. The molecule has 0 amide bonds. The van der Waals surface area contributed by atoms with Crippen molar-refractivity contribution in [1.82, 2.24) is 9.97 Å². The van der Waals surface area contributed by atoms with Crippen LogP contribution in [-0.2, 0) is 0 Å². The summed E-state index contributed by atoms with van der Waals surface area (Å²) >= 11 is 5.33. The molecule has 5 nitrogen and oxygen atoms in total. The Balaban J connectivity index is 3.35. The van der Waals surface area contributed by atoms with Gasteiger partial charge >= 0.3 is 5.97 Å². The number of H-pyrrole nitrogens is 1. The van der Waals surface area contributed by atoms with E-state index in [0.29, 0.717) is 0 Å². The van der Waals surface area contributed by atoms with E-state index in [9.17, 15) is 9.59 Å². The summed E-state index contributed by atoms with van der Waals surface area (Å²) in [4.78, 5) is 26.2. The first kappa shape index (κ1) is 7.74. The summed E-state index contributed by atoms with van der Waals surface area (Å²) in [6.45, 7) is 0. The summed E-state index contributed by atoms with van der Waals surface area (Å²) in [5.41, 5.74) is -0.981. The Hall–Kier alpha value is -1.36. The zero-order valence-electron chi connectivity index (χ0n) is 5.17. The van der Waals surface area contributed by atoms with Gasteiger partial charge in [0.05, 0.1) is 6.20 Å². The number of aromatic carboxylic acids is 1. The summed E-state index contributed by atoms with van der Waals surface area (Å²) in [5, 5.41) is 8.17. The highest BCUT2D eigenvalue weighted by atomic mass is 35.5. The molecule has 0 bridgehead atoms. The van der Waals surface area contributed by atoms with E-state index in [2.05, 4.69) is 4.98 Å². The Morgan fingerprint density at radius 2 is 2.36 bits per heavy atom. The number of aromatic nitrogens is 2. The first-order chi connectivity index (χ1) is 5.11. The minimum Gasteiger partial charge on any atom is -0.476 e. The SMILES string of the molecule is O=C(O)c1[nH]c(=O)cnc1Cl. The second kappa shape index (κ2) is 2.71. The summed E-state index contributed by atoms with van der Waals surface area (Å²) in [6.07, 6.45) is 0.911. The minimum atomic E-state index is -1.31. The third kappa shape index (κ3) is 1.56.